The van der Waals surface area contributed by atoms with Crippen LogP contribution in [0.1, 0.15) is 24.2 Å². The van der Waals surface area contributed by atoms with E-state index in [0.29, 0.717) is 65.1 Å². The van der Waals surface area contributed by atoms with Crippen molar-refractivity contribution in [3.63, 3.8) is 0 Å². The molecule has 0 aliphatic carbocycles. The Hall–Kier alpha value is -2.41. The molecule has 1 aliphatic rings. The van der Waals surface area contributed by atoms with E-state index in [1.54, 1.807) is 30.3 Å². The summed E-state index contributed by atoms with van der Waals surface area (Å²) >= 11 is 3.45. The van der Waals surface area contributed by atoms with Crippen molar-refractivity contribution in [3.8, 4) is 23.0 Å². The SMILES string of the molecule is CCOc1ccc(C(=O)Nc2cc3c(cc2Br)OCCO3)cc1OCC. The normalized spacial score (nSPS) is 12.4. The van der Waals surface area contributed by atoms with Crippen LogP contribution in [0.15, 0.2) is 34.8 Å². The largest absolute Gasteiger partial charge is 0.490 e. The molecule has 7 heteroatoms. The van der Waals surface area contributed by atoms with Crippen molar-refractivity contribution in [1.82, 2.24) is 0 Å². The highest BCUT2D eigenvalue weighted by Crippen LogP contribution is 2.38. The number of amides is 1. The smallest absolute Gasteiger partial charge is 0.255 e. The first-order valence-electron chi connectivity index (χ1n) is 8.42. The maximum absolute atomic E-state index is 12.7. The Morgan fingerprint density at radius 3 is 2.38 bits per heavy atom. The van der Waals surface area contributed by atoms with Crippen molar-refractivity contribution in [2.75, 3.05) is 31.7 Å². The molecular weight excluding hydrogens is 402 g/mol. The number of hydrogen-bond donors (Lipinski definition) is 1. The molecule has 0 spiro atoms. The second-order valence-corrected chi connectivity index (χ2v) is 6.31. The fourth-order valence-corrected chi connectivity index (χ4v) is 2.97. The van der Waals surface area contributed by atoms with Crippen molar-refractivity contribution < 1.29 is 23.7 Å². The summed E-state index contributed by atoms with van der Waals surface area (Å²) in [6.07, 6.45) is 0. The zero-order chi connectivity index (χ0) is 18.5. The van der Waals surface area contributed by atoms with E-state index in [4.69, 9.17) is 18.9 Å². The number of hydrogen-bond acceptors (Lipinski definition) is 5. The maximum atomic E-state index is 12.7. The molecule has 0 aromatic heterocycles. The highest BCUT2D eigenvalue weighted by atomic mass is 79.9. The minimum absolute atomic E-state index is 0.258. The second kappa shape index (κ2) is 8.31. The Balaban J connectivity index is 1.82. The molecule has 0 saturated carbocycles. The van der Waals surface area contributed by atoms with Gasteiger partial charge in [0.25, 0.3) is 5.91 Å². The van der Waals surface area contributed by atoms with E-state index in [2.05, 4.69) is 21.2 Å². The third-order valence-electron chi connectivity index (χ3n) is 3.69. The number of anilines is 1. The van der Waals surface area contributed by atoms with Gasteiger partial charge >= 0.3 is 0 Å². The van der Waals surface area contributed by atoms with E-state index >= 15 is 0 Å². The summed E-state index contributed by atoms with van der Waals surface area (Å²) < 4.78 is 22.9. The van der Waals surface area contributed by atoms with Crippen LogP contribution < -0.4 is 24.3 Å². The van der Waals surface area contributed by atoms with Gasteiger partial charge in [0, 0.05) is 22.2 Å². The second-order valence-electron chi connectivity index (χ2n) is 5.46. The molecule has 0 bridgehead atoms. The summed E-state index contributed by atoms with van der Waals surface area (Å²) in [7, 11) is 0. The van der Waals surface area contributed by atoms with E-state index in [1.165, 1.54) is 0 Å². The molecule has 0 unspecified atom stereocenters. The summed E-state index contributed by atoms with van der Waals surface area (Å²) in [5.74, 6) is 2.17. The van der Waals surface area contributed by atoms with Crippen LogP contribution in [0.2, 0.25) is 0 Å². The Morgan fingerprint density at radius 1 is 1.04 bits per heavy atom. The summed E-state index contributed by atoms with van der Waals surface area (Å²) in [4.78, 5) is 12.7. The minimum atomic E-state index is -0.258. The molecule has 6 nitrogen and oxygen atoms in total. The van der Waals surface area contributed by atoms with Gasteiger partial charge in [-0.3, -0.25) is 4.79 Å². The average Bonchev–Trinajstić information content (AvgIpc) is 2.64. The number of ether oxygens (including phenoxy) is 4. The van der Waals surface area contributed by atoms with Gasteiger partial charge in [0.1, 0.15) is 13.2 Å². The first-order valence-corrected chi connectivity index (χ1v) is 9.21. The van der Waals surface area contributed by atoms with Gasteiger partial charge in [0.05, 0.1) is 18.9 Å². The third-order valence-corrected chi connectivity index (χ3v) is 4.34. The zero-order valence-electron chi connectivity index (χ0n) is 14.6. The number of benzene rings is 2. The van der Waals surface area contributed by atoms with Crippen molar-refractivity contribution >= 4 is 27.5 Å². The molecule has 1 aliphatic heterocycles. The van der Waals surface area contributed by atoms with Gasteiger partial charge in [-0.05, 0) is 48.0 Å². The molecule has 1 amide bonds. The highest BCUT2D eigenvalue weighted by Gasteiger charge is 2.17. The number of nitrogens with one attached hydrogen (secondary N) is 1. The Bertz CT molecular complexity index is 809. The lowest BCUT2D eigenvalue weighted by Gasteiger charge is -2.20. The van der Waals surface area contributed by atoms with Crippen LogP contribution in [0.4, 0.5) is 5.69 Å². The monoisotopic (exact) mass is 421 g/mol. The van der Waals surface area contributed by atoms with Crippen molar-refractivity contribution in [2.45, 2.75) is 13.8 Å². The van der Waals surface area contributed by atoms with Gasteiger partial charge in [-0.15, -0.1) is 0 Å². The molecule has 0 atom stereocenters. The predicted octanol–water partition coefficient (Wildman–Crippen LogP) is 4.27. The first kappa shape index (κ1) is 18.4. The number of fused-ring (bicyclic) bond motifs is 1. The third kappa shape index (κ3) is 4.04. The highest BCUT2D eigenvalue weighted by molar-refractivity contribution is 9.10. The summed E-state index contributed by atoms with van der Waals surface area (Å²) in [6, 6.07) is 8.65. The van der Waals surface area contributed by atoms with Gasteiger partial charge in [-0.1, -0.05) is 0 Å². The van der Waals surface area contributed by atoms with E-state index in [9.17, 15) is 4.79 Å². The molecule has 138 valence electrons. The number of carbonyl (C=O) groups excluding carboxylic acids is 1. The van der Waals surface area contributed by atoms with E-state index < -0.39 is 0 Å². The van der Waals surface area contributed by atoms with Gasteiger partial charge in [0.15, 0.2) is 23.0 Å². The van der Waals surface area contributed by atoms with E-state index in [1.807, 2.05) is 13.8 Å². The lowest BCUT2D eigenvalue weighted by atomic mass is 10.1. The lowest BCUT2D eigenvalue weighted by Crippen LogP contribution is -2.17. The molecule has 0 saturated heterocycles. The molecule has 1 heterocycles. The molecule has 0 fully saturated rings. The van der Waals surface area contributed by atoms with Gasteiger partial charge in [-0.2, -0.15) is 0 Å². The molecule has 2 aromatic rings. The summed E-state index contributed by atoms with van der Waals surface area (Å²) in [5.41, 5.74) is 1.07. The van der Waals surface area contributed by atoms with Crippen LogP contribution in [-0.4, -0.2) is 32.3 Å². The van der Waals surface area contributed by atoms with Crippen molar-refractivity contribution in [2.24, 2.45) is 0 Å². The molecule has 26 heavy (non-hydrogen) atoms. The van der Waals surface area contributed by atoms with Crippen LogP contribution in [0.3, 0.4) is 0 Å². The maximum Gasteiger partial charge on any atom is 0.255 e. The molecule has 2 aromatic carbocycles. The van der Waals surface area contributed by atoms with Crippen molar-refractivity contribution in [1.29, 1.82) is 0 Å². The predicted molar refractivity (Wildman–Crippen MR) is 102 cm³/mol. The molecular formula is C19H20BrNO5. The van der Waals surface area contributed by atoms with Crippen LogP contribution >= 0.6 is 15.9 Å². The molecule has 1 N–H and O–H groups in total. The number of carbonyl (C=O) groups is 1. The van der Waals surface area contributed by atoms with Gasteiger partial charge in [0.2, 0.25) is 0 Å². The van der Waals surface area contributed by atoms with Crippen molar-refractivity contribution in [3.05, 3.63) is 40.4 Å². The quantitative estimate of drug-likeness (QED) is 0.753. The Labute approximate surface area is 160 Å². The fraction of sp³-hybridized carbons (Fsp3) is 0.316. The first-order chi connectivity index (χ1) is 12.6. The van der Waals surface area contributed by atoms with Crippen LogP contribution in [0.5, 0.6) is 23.0 Å². The molecule has 3 rings (SSSR count). The lowest BCUT2D eigenvalue weighted by molar-refractivity contribution is 0.102. The van der Waals surface area contributed by atoms with Crippen LogP contribution in [0.25, 0.3) is 0 Å². The summed E-state index contributed by atoms with van der Waals surface area (Å²) in [5, 5.41) is 2.88. The van der Waals surface area contributed by atoms with Crippen LogP contribution in [0, 0.1) is 0 Å². The zero-order valence-corrected chi connectivity index (χ0v) is 16.2. The van der Waals surface area contributed by atoms with Crippen LogP contribution in [-0.2, 0) is 0 Å². The topological polar surface area (TPSA) is 66.0 Å². The number of halogens is 1. The van der Waals surface area contributed by atoms with E-state index in [0.717, 1.165) is 0 Å². The summed E-state index contributed by atoms with van der Waals surface area (Å²) in [6.45, 7) is 5.79. The van der Waals surface area contributed by atoms with Gasteiger partial charge in [-0.25, -0.2) is 0 Å². The van der Waals surface area contributed by atoms with Gasteiger partial charge < -0.3 is 24.3 Å². The Morgan fingerprint density at radius 2 is 1.69 bits per heavy atom. The molecule has 0 radical (unpaired) electrons. The average molecular weight is 422 g/mol. The number of rotatable bonds is 6. The standard InChI is InChI=1S/C19H20BrNO5/c1-3-23-15-6-5-12(9-16(15)24-4-2)19(22)21-14-11-18-17(10-13(14)20)25-7-8-26-18/h5-6,9-11H,3-4,7-8H2,1-2H3,(H,21,22). The van der Waals surface area contributed by atoms with E-state index in [-0.39, 0.29) is 5.91 Å². The minimum Gasteiger partial charge on any atom is -0.490 e. The fourth-order valence-electron chi connectivity index (χ4n) is 2.55. The Kier molecular flexibility index (Phi) is 5.88.